The molecule has 1 N–H and O–H groups in total. The van der Waals surface area contributed by atoms with Crippen molar-refractivity contribution in [1.82, 2.24) is 10.2 Å². The molecule has 1 heterocycles. The molecule has 0 bridgehead atoms. The number of morpholine rings is 1. The van der Waals surface area contributed by atoms with E-state index in [0.29, 0.717) is 6.04 Å². The Hall–Kier alpha value is -0.900. The number of unbranched alkanes of at least 4 members (excludes halogenated alkanes) is 1. The van der Waals surface area contributed by atoms with Crippen LogP contribution in [0.25, 0.3) is 0 Å². The van der Waals surface area contributed by atoms with Crippen LogP contribution in [0.5, 0.6) is 0 Å². The monoisotopic (exact) mass is 262 g/mol. The topological polar surface area (TPSA) is 24.5 Å². The van der Waals surface area contributed by atoms with Gasteiger partial charge in [0.05, 0.1) is 13.2 Å². The van der Waals surface area contributed by atoms with Gasteiger partial charge in [0.2, 0.25) is 0 Å². The molecule has 0 saturated carbocycles. The Balaban J connectivity index is 1.66. The average Bonchev–Trinajstić information content (AvgIpc) is 2.47. The molecular formula is C16H26N2O. The fraction of sp³-hybridized carbons (Fsp3) is 0.625. The summed E-state index contributed by atoms with van der Waals surface area (Å²) >= 11 is 0. The first kappa shape index (κ1) is 14.5. The highest BCUT2D eigenvalue weighted by Gasteiger charge is 2.21. The molecule has 0 spiro atoms. The number of rotatable bonds is 7. The average molecular weight is 262 g/mol. The molecule has 1 aromatic rings. The predicted octanol–water partition coefficient (Wildman–Crippen LogP) is 1.93. The normalized spacial score (nSPS) is 20.6. The Labute approximate surface area is 116 Å². The third-order valence-electron chi connectivity index (χ3n) is 3.79. The zero-order valence-electron chi connectivity index (χ0n) is 12.0. The number of hydrogen-bond donors (Lipinski definition) is 1. The number of hydrogen-bond acceptors (Lipinski definition) is 3. The molecule has 1 saturated heterocycles. The zero-order valence-corrected chi connectivity index (χ0v) is 12.0. The molecule has 0 radical (unpaired) electrons. The molecule has 106 valence electrons. The lowest BCUT2D eigenvalue weighted by molar-refractivity contribution is -0.00674. The molecule has 1 aliphatic heterocycles. The van der Waals surface area contributed by atoms with Gasteiger partial charge in [0.25, 0.3) is 0 Å². The molecule has 19 heavy (non-hydrogen) atoms. The molecule has 2 rings (SSSR count). The summed E-state index contributed by atoms with van der Waals surface area (Å²) < 4.78 is 5.56. The zero-order chi connectivity index (χ0) is 13.3. The van der Waals surface area contributed by atoms with Crippen LogP contribution in [0.3, 0.4) is 0 Å². The van der Waals surface area contributed by atoms with E-state index in [9.17, 15) is 0 Å². The molecule has 1 fully saturated rings. The number of aryl methyl sites for hydroxylation is 1. The van der Waals surface area contributed by atoms with Gasteiger partial charge in [0.15, 0.2) is 0 Å². The van der Waals surface area contributed by atoms with Crippen molar-refractivity contribution in [2.45, 2.75) is 25.3 Å². The molecule has 3 nitrogen and oxygen atoms in total. The molecular weight excluding hydrogens is 236 g/mol. The van der Waals surface area contributed by atoms with Crippen molar-refractivity contribution < 1.29 is 4.74 Å². The largest absolute Gasteiger partial charge is 0.378 e. The van der Waals surface area contributed by atoms with Gasteiger partial charge in [-0.1, -0.05) is 30.3 Å². The van der Waals surface area contributed by atoms with Crippen LogP contribution in [-0.2, 0) is 11.2 Å². The van der Waals surface area contributed by atoms with Gasteiger partial charge in [-0.25, -0.2) is 0 Å². The maximum atomic E-state index is 5.56. The smallest absolute Gasteiger partial charge is 0.0634 e. The van der Waals surface area contributed by atoms with Crippen molar-refractivity contribution in [3.05, 3.63) is 35.9 Å². The number of likely N-dealkylation sites (N-methyl/N-ethyl adjacent to an activating group) is 1. The second-order valence-electron chi connectivity index (χ2n) is 5.27. The standard InChI is InChI=1S/C16H26N2O/c1-17-13-16-14-19-12-11-18(16)10-6-5-9-15-7-3-2-4-8-15/h2-4,7-8,16-17H,5-6,9-14H2,1H3. The van der Waals surface area contributed by atoms with Gasteiger partial charge in [-0.3, -0.25) is 4.90 Å². The second-order valence-corrected chi connectivity index (χ2v) is 5.27. The number of nitrogens with one attached hydrogen (secondary N) is 1. The van der Waals surface area contributed by atoms with E-state index in [1.807, 2.05) is 7.05 Å². The van der Waals surface area contributed by atoms with Gasteiger partial charge < -0.3 is 10.1 Å². The summed E-state index contributed by atoms with van der Waals surface area (Å²) in [6.07, 6.45) is 3.74. The first-order valence-corrected chi connectivity index (χ1v) is 7.40. The third kappa shape index (κ3) is 4.94. The van der Waals surface area contributed by atoms with Gasteiger partial charge in [-0.2, -0.15) is 0 Å². The minimum absolute atomic E-state index is 0.551. The Kier molecular flexibility index (Phi) is 6.34. The van der Waals surface area contributed by atoms with Crippen LogP contribution in [0.15, 0.2) is 30.3 Å². The van der Waals surface area contributed by atoms with Crippen LogP contribution >= 0.6 is 0 Å². The van der Waals surface area contributed by atoms with Crippen LogP contribution in [0.1, 0.15) is 18.4 Å². The SMILES string of the molecule is CNCC1COCCN1CCCCc1ccccc1. The minimum Gasteiger partial charge on any atom is -0.378 e. The fourth-order valence-corrected chi connectivity index (χ4v) is 2.70. The van der Waals surface area contributed by atoms with E-state index in [1.54, 1.807) is 0 Å². The third-order valence-corrected chi connectivity index (χ3v) is 3.79. The highest BCUT2D eigenvalue weighted by atomic mass is 16.5. The highest BCUT2D eigenvalue weighted by molar-refractivity contribution is 5.14. The summed E-state index contributed by atoms with van der Waals surface area (Å²) in [7, 11) is 2.02. The van der Waals surface area contributed by atoms with E-state index >= 15 is 0 Å². The van der Waals surface area contributed by atoms with Crippen LogP contribution in [-0.4, -0.2) is 50.8 Å². The quantitative estimate of drug-likeness (QED) is 0.760. The summed E-state index contributed by atoms with van der Waals surface area (Å²) in [5.74, 6) is 0. The summed E-state index contributed by atoms with van der Waals surface area (Å²) in [6, 6.07) is 11.3. The Morgan fingerprint density at radius 2 is 2.11 bits per heavy atom. The number of nitrogens with zero attached hydrogens (tertiary/aromatic N) is 1. The maximum Gasteiger partial charge on any atom is 0.0634 e. The molecule has 1 atom stereocenters. The molecule has 1 aliphatic rings. The Morgan fingerprint density at radius 3 is 2.89 bits per heavy atom. The van der Waals surface area contributed by atoms with Gasteiger partial charge in [-0.05, 0) is 38.4 Å². The van der Waals surface area contributed by atoms with E-state index in [4.69, 9.17) is 4.74 Å². The lowest BCUT2D eigenvalue weighted by Gasteiger charge is -2.35. The second kappa shape index (κ2) is 8.31. The van der Waals surface area contributed by atoms with Crippen molar-refractivity contribution in [2.24, 2.45) is 0 Å². The van der Waals surface area contributed by atoms with Crippen molar-refractivity contribution in [1.29, 1.82) is 0 Å². The minimum atomic E-state index is 0.551. The van der Waals surface area contributed by atoms with Gasteiger partial charge in [0, 0.05) is 19.1 Å². The Morgan fingerprint density at radius 1 is 1.26 bits per heavy atom. The van der Waals surface area contributed by atoms with Crippen molar-refractivity contribution in [3.63, 3.8) is 0 Å². The van der Waals surface area contributed by atoms with Crippen LogP contribution in [0.4, 0.5) is 0 Å². The first-order valence-electron chi connectivity index (χ1n) is 7.40. The first-order chi connectivity index (χ1) is 9.40. The summed E-state index contributed by atoms with van der Waals surface area (Å²) in [6.45, 7) is 5.07. The van der Waals surface area contributed by atoms with Crippen molar-refractivity contribution in [2.75, 3.05) is 39.9 Å². The van der Waals surface area contributed by atoms with Gasteiger partial charge >= 0.3 is 0 Å². The molecule has 0 amide bonds. The van der Waals surface area contributed by atoms with E-state index in [1.165, 1.54) is 31.4 Å². The maximum absolute atomic E-state index is 5.56. The molecule has 1 unspecified atom stereocenters. The lowest BCUT2D eigenvalue weighted by Crippen LogP contribution is -2.50. The van der Waals surface area contributed by atoms with Gasteiger partial charge in [0.1, 0.15) is 0 Å². The molecule has 0 aliphatic carbocycles. The lowest BCUT2D eigenvalue weighted by atomic mass is 10.1. The van der Waals surface area contributed by atoms with Crippen LogP contribution in [0, 0.1) is 0 Å². The number of ether oxygens (including phenoxy) is 1. The van der Waals surface area contributed by atoms with E-state index in [-0.39, 0.29) is 0 Å². The molecule has 0 aromatic heterocycles. The van der Waals surface area contributed by atoms with Gasteiger partial charge in [-0.15, -0.1) is 0 Å². The number of benzene rings is 1. The van der Waals surface area contributed by atoms with Crippen molar-refractivity contribution >= 4 is 0 Å². The van der Waals surface area contributed by atoms with Crippen molar-refractivity contribution in [3.8, 4) is 0 Å². The van der Waals surface area contributed by atoms with Crippen LogP contribution in [0.2, 0.25) is 0 Å². The summed E-state index contributed by atoms with van der Waals surface area (Å²) in [5, 5.41) is 3.26. The summed E-state index contributed by atoms with van der Waals surface area (Å²) in [4.78, 5) is 2.57. The van der Waals surface area contributed by atoms with E-state index in [0.717, 1.165) is 26.3 Å². The summed E-state index contributed by atoms with van der Waals surface area (Å²) in [5.41, 5.74) is 1.45. The Bertz CT molecular complexity index is 340. The van der Waals surface area contributed by atoms with E-state index < -0.39 is 0 Å². The highest BCUT2D eigenvalue weighted by Crippen LogP contribution is 2.10. The predicted molar refractivity (Wildman–Crippen MR) is 79.5 cm³/mol. The van der Waals surface area contributed by atoms with E-state index in [2.05, 4.69) is 40.5 Å². The molecule has 1 aromatic carbocycles. The fourth-order valence-electron chi connectivity index (χ4n) is 2.70. The van der Waals surface area contributed by atoms with Crippen LogP contribution < -0.4 is 5.32 Å². The molecule has 3 heteroatoms.